The third-order valence-electron chi connectivity index (χ3n) is 4.23. The molecule has 0 radical (unpaired) electrons. The Labute approximate surface area is 104 Å². The van der Waals surface area contributed by atoms with Gasteiger partial charge in [0.1, 0.15) is 0 Å². The van der Waals surface area contributed by atoms with Gasteiger partial charge in [-0.3, -0.25) is 4.79 Å². The molecule has 0 aliphatic carbocycles. The largest absolute Gasteiger partial charge is 0.344 e. The number of nitrogens with one attached hydrogen (secondary N) is 1. The van der Waals surface area contributed by atoms with Crippen LogP contribution in [0.2, 0.25) is 0 Å². The smallest absolute Gasteiger partial charge is 0.239 e. The molecule has 1 atom stereocenters. The number of amides is 1. The van der Waals surface area contributed by atoms with E-state index in [1.165, 1.54) is 32.5 Å². The van der Waals surface area contributed by atoms with Gasteiger partial charge in [-0.05, 0) is 51.4 Å². The van der Waals surface area contributed by atoms with Gasteiger partial charge in [0.05, 0.1) is 6.04 Å². The lowest BCUT2D eigenvalue weighted by atomic mass is 9.96. The molecule has 0 aromatic rings. The first-order valence-electron chi connectivity index (χ1n) is 6.91. The molecule has 2 fully saturated rings. The Bertz CT molecular complexity index is 261. The Morgan fingerprint density at radius 3 is 2.47 bits per heavy atom. The molecule has 17 heavy (non-hydrogen) atoms. The predicted molar refractivity (Wildman–Crippen MR) is 68.9 cm³/mol. The number of likely N-dealkylation sites (tertiary alicyclic amines) is 2. The molecule has 2 rings (SSSR count). The van der Waals surface area contributed by atoms with Crippen molar-refractivity contribution >= 4 is 5.91 Å². The Balaban J connectivity index is 1.67. The second kappa shape index (κ2) is 5.83. The minimum Gasteiger partial charge on any atom is -0.344 e. The predicted octanol–water partition coefficient (Wildman–Crippen LogP) is 0.539. The third-order valence-corrected chi connectivity index (χ3v) is 4.23. The molecular formula is C13H25N3O. The Morgan fingerprint density at radius 1 is 1.24 bits per heavy atom. The molecule has 2 aliphatic rings. The van der Waals surface area contributed by atoms with E-state index in [9.17, 15) is 4.79 Å². The molecule has 0 bridgehead atoms. The van der Waals surface area contributed by atoms with Gasteiger partial charge in [0.2, 0.25) is 5.91 Å². The van der Waals surface area contributed by atoms with Crippen molar-refractivity contribution in [3.05, 3.63) is 0 Å². The lowest BCUT2D eigenvalue weighted by Gasteiger charge is -2.31. The summed E-state index contributed by atoms with van der Waals surface area (Å²) in [6.45, 7) is 7.77. The normalized spacial score (nSPS) is 28.0. The lowest BCUT2D eigenvalue weighted by molar-refractivity contribution is -0.128. The summed E-state index contributed by atoms with van der Waals surface area (Å²) in [5.74, 6) is 1.03. The number of hydrogen-bond acceptors (Lipinski definition) is 3. The lowest BCUT2D eigenvalue weighted by Crippen LogP contribution is -2.42. The number of likely N-dealkylation sites (N-methyl/N-ethyl adjacent to an activating group) is 1. The number of hydrogen-bond donors (Lipinski definition) is 1. The fourth-order valence-electron chi connectivity index (χ4n) is 2.83. The number of nitrogens with zero attached hydrogens (tertiary/aromatic N) is 2. The minimum absolute atomic E-state index is 0.0872. The van der Waals surface area contributed by atoms with Crippen molar-refractivity contribution in [1.82, 2.24) is 15.1 Å². The van der Waals surface area contributed by atoms with Crippen LogP contribution in [0.5, 0.6) is 0 Å². The van der Waals surface area contributed by atoms with Crippen LogP contribution in [0.4, 0.5) is 0 Å². The topological polar surface area (TPSA) is 35.6 Å². The van der Waals surface area contributed by atoms with Gasteiger partial charge in [0.25, 0.3) is 0 Å². The minimum atomic E-state index is 0.0872. The zero-order valence-electron chi connectivity index (χ0n) is 11.1. The van der Waals surface area contributed by atoms with Crippen LogP contribution >= 0.6 is 0 Å². The number of rotatable bonds is 4. The van der Waals surface area contributed by atoms with E-state index in [1.807, 2.05) is 11.9 Å². The van der Waals surface area contributed by atoms with Gasteiger partial charge in [-0.2, -0.15) is 0 Å². The molecule has 2 heterocycles. The highest BCUT2D eigenvalue weighted by Gasteiger charge is 2.29. The van der Waals surface area contributed by atoms with Gasteiger partial charge in [-0.1, -0.05) is 6.92 Å². The quantitative estimate of drug-likeness (QED) is 0.778. The van der Waals surface area contributed by atoms with Crippen LogP contribution in [0.3, 0.4) is 0 Å². The Morgan fingerprint density at radius 2 is 1.94 bits per heavy atom. The maximum Gasteiger partial charge on any atom is 0.239 e. The van der Waals surface area contributed by atoms with E-state index >= 15 is 0 Å². The van der Waals surface area contributed by atoms with Crippen molar-refractivity contribution in [2.24, 2.45) is 5.92 Å². The van der Waals surface area contributed by atoms with Gasteiger partial charge >= 0.3 is 0 Å². The molecule has 2 saturated heterocycles. The van der Waals surface area contributed by atoms with Gasteiger partial charge in [0, 0.05) is 13.6 Å². The van der Waals surface area contributed by atoms with Crippen molar-refractivity contribution in [1.29, 1.82) is 0 Å². The highest BCUT2D eigenvalue weighted by atomic mass is 16.2. The van der Waals surface area contributed by atoms with Gasteiger partial charge < -0.3 is 15.1 Å². The number of carbonyl (C=O) groups excluding carboxylic acids is 1. The summed E-state index contributed by atoms with van der Waals surface area (Å²) in [5.41, 5.74) is 0. The summed E-state index contributed by atoms with van der Waals surface area (Å²) in [5, 5.41) is 3.45. The highest BCUT2D eigenvalue weighted by molar-refractivity contribution is 5.83. The highest BCUT2D eigenvalue weighted by Crippen LogP contribution is 2.17. The fraction of sp³-hybridized carbons (Fsp3) is 0.923. The zero-order chi connectivity index (χ0) is 12.3. The van der Waals surface area contributed by atoms with E-state index in [1.54, 1.807) is 0 Å². The van der Waals surface area contributed by atoms with E-state index < -0.39 is 0 Å². The SMILES string of the molecule is CCN1CCC(CNC2CCN(C)C2=O)CC1. The first-order valence-corrected chi connectivity index (χ1v) is 6.91. The summed E-state index contributed by atoms with van der Waals surface area (Å²) in [4.78, 5) is 16.1. The van der Waals surface area contributed by atoms with Crippen LogP contribution in [-0.2, 0) is 4.79 Å². The molecule has 98 valence electrons. The summed E-state index contributed by atoms with van der Waals surface area (Å²) < 4.78 is 0. The summed E-state index contributed by atoms with van der Waals surface area (Å²) in [7, 11) is 1.89. The molecule has 0 aromatic heterocycles. The maximum atomic E-state index is 11.7. The van der Waals surface area contributed by atoms with Crippen LogP contribution in [-0.4, -0.2) is 61.5 Å². The van der Waals surface area contributed by atoms with Crippen molar-refractivity contribution < 1.29 is 4.79 Å². The molecule has 2 aliphatic heterocycles. The number of piperidine rings is 1. The van der Waals surface area contributed by atoms with Crippen LogP contribution in [0.25, 0.3) is 0 Å². The fourth-order valence-corrected chi connectivity index (χ4v) is 2.83. The molecule has 1 unspecified atom stereocenters. The van der Waals surface area contributed by atoms with E-state index in [2.05, 4.69) is 17.1 Å². The zero-order valence-corrected chi connectivity index (χ0v) is 11.1. The van der Waals surface area contributed by atoms with E-state index in [-0.39, 0.29) is 11.9 Å². The summed E-state index contributed by atoms with van der Waals surface area (Å²) >= 11 is 0. The van der Waals surface area contributed by atoms with Gasteiger partial charge in [0.15, 0.2) is 0 Å². The summed E-state index contributed by atoms with van der Waals surface area (Å²) in [6.07, 6.45) is 3.53. The van der Waals surface area contributed by atoms with Crippen LogP contribution in [0.1, 0.15) is 26.2 Å². The van der Waals surface area contributed by atoms with Gasteiger partial charge in [-0.15, -0.1) is 0 Å². The molecule has 0 saturated carbocycles. The second-order valence-electron chi connectivity index (χ2n) is 5.39. The third kappa shape index (κ3) is 3.19. The Hall–Kier alpha value is -0.610. The van der Waals surface area contributed by atoms with Crippen molar-refractivity contribution in [3.63, 3.8) is 0 Å². The molecule has 1 amide bonds. The van der Waals surface area contributed by atoms with Crippen LogP contribution < -0.4 is 5.32 Å². The standard InChI is InChI=1S/C13H25N3O/c1-3-16-8-4-11(5-9-16)10-14-12-6-7-15(2)13(12)17/h11-12,14H,3-10H2,1-2H3. The second-order valence-corrected chi connectivity index (χ2v) is 5.39. The van der Waals surface area contributed by atoms with E-state index in [0.717, 1.165) is 25.4 Å². The first kappa shape index (κ1) is 12.8. The van der Waals surface area contributed by atoms with Crippen molar-refractivity contribution in [3.8, 4) is 0 Å². The molecular weight excluding hydrogens is 214 g/mol. The molecule has 0 spiro atoms. The van der Waals surface area contributed by atoms with Crippen LogP contribution in [0.15, 0.2) is 0 Å². The maximum absolute atomic E-state index is 11.7. The van der Waals surface area contributed by atoms with E-state index in [4.69, 9.17) is 0 Å². The first-order chi connectivity index (χ1) is 8.20. The average Bonchev–Trinajstić information content (AvgIpc) is 2.68. The molecule has 4 heteroatoms. The summed E-state index contributed by atoms with van der Waals surface area (Å²) in [6, 6.07) is 0.0872. The molecule has 4 nitrogen and oxygen atoms in total. The monoisotopic (exact) mass is 239 g/mol. The average molecular weight is 239 g/mol. The van der Waals surface area contributed by atoms with Gasteiger partial charge in [-0.25, -0.2) is 0 Å². The molecule has 0 aromatic carbocycles. The molecule has 1 N–H and O–H groups in total. The number of carbonyl (C=O) groups is 1. The van der Waals surface area contributed by atoms with Crippen LogP contribution in [0, 0.1) is 5.92 Å². The van der Waals surface area contributed by atoms with E-state index in [0.29, 0.717) is 0 Å². The van der Waals surface area contributed by atoms with Crippen molar-refractivity contribution in [2.45, 2.75) is 32.2 Å². The van der Waals surface area contributed by atoms with Crippen molar-refractivity contribution in [2.75, 3.05) is 39.8 Å². The Kier molecular flexibility index (Phi) is 4.40.